The number of hydrogen-bond acceptors (Lipinski definition) is 2. The van der Waals surface area contributed by atoms with Gasteiger partial charge in [0, 0.05) is 11.5 Å². The van der Waals surface area contributed by atoms with Crippen LogP contribution in [0.5, 0.6) is 0 Å². The van der Waals surface area contributed by atoms with Crippen molar-refractivity contribution in [2.24, 2.45) is 5.92 Å². The summed E-state index contributed by atoms with van der Waals surface area (Å²) in [6.07, 6.45) is 6.07. The van der Waals surface area contributed by atoms with Crippen LogP contribution in [-0.2, 0) is 9.47 Å². The number of hydrogen-bond donors (Lipinski definition) is 0. The lowest BCUT2D eigenvalue weighted by molar-refractivity contribution is -0.160. The van der Waals surface area contributed by atoms with E-state index in [-0.39, 0.29) is 5.02 Å². The molecule has 1 aliphatic heterocycles. The smallest absolute Gasteiger partial charge is 0.222 e. The molecule has 4 heteroatoms. The Balaban J connectivity index is 1.57. The molecule has 0 bridgehead atoms. The second-order valence-corrected chi connectivity index (χ2v) is 6.86. The summed E-state index contributed by atoms with van der Waals surface area (Å²) < 4.78 is 24.9. The van der Waals surface area contributed by atoms with E-state index in [9.17, 15) is 4.39 Å². The highest BCUT2D eigenvalue weighted by Gasteiger charge is 2.18. The molecule has 0 amide bonds. The molecule has 2 nitrogen and oxygen atoms in total. The van der Waals surface area contributed by atoms with Gasteiger partial charge in [0.05, 0.1) is 18.2 Å². The fraction of sp³-hybridized carbons (Fsp3) is 0.304. The molecule has 1 saturated heterocycles. The van der Waals surface area contributed by atoms with E-state index in [1.54, 1.807) is 12.1 Å². The molecule has 0 saturated carbocycles. The molecule has 0 atom stereocenters. The topological polar surface area (TPSA) is 18.5 Å². The van der Waals surface area contributed by atoms with Gasteiger partial charge in [0.15, 0.2) is 0 Å². The SMILES string of the molecule is CCC/C=C/[C@H]1CO[C@H](C#Cc2ccc(-c3ccc(Cl)c(F)c3)cc2)OC1. The maximum atomic E-state index is 13.6. The summed E-state index contributed by atoms with van der Waals surface area (Å²) in [5.41, 5.74) is 2.53. The molecule has 0 unspecified atom stereocenters. The summed E-state index contributed by atoms with van der Waals surface area (Å²) in [7, 11) is 0. The van der Waals surface area contributed by atoms with E-state index in [0.29, 0.717) is 19.1 Å². The van der Waals surface area contributed by atoms with Crippen molar-refractivity contribution in [2.45, 2.75) is 26.1 Å². The summed E-state index contributed by atoms with van der Waals surface area (Å²) in [5.74, 6) is 5.95. The fourth-order valence-electron chi connectivity index (χ4n) is 2.73. The van der Waals surface area contributed by atoms with Crippen LogP contribution in [0.15, 0.2) is 54.6 Å². The van der Waals surface area contributed by atoms with E-state index in [1.807, 2.05) is 24.3 Å². The largest absolute Gasteiger partial charge is 0.341 e. The molecule has 0 N–H and O–H groups in total. The summed E-state index contributed by atoms with van der Waals surface area (Å²) in [5, 5.41) is 0.122. The van der Waals surface area contributed by atoms with Gasteiger partial charge < -0.3 is 9.47 Å². The van der Waals surface area contributed by atoms with E-state index in [2.05, 4.69) is 30.9 Å². The molecule has 2 aromatic rings. The minimum atomic E-state index is -0.495. The fourth-order valence-corrected chi connectivity index (χ4v) is 2.85. The zero-order valence-corrected chi connectivity index (χ0v) is 16.0. The second kappa shape index (κ2) is 9.71. The third kappa shape index (κ3) is 5.68. The maximum absolute atomic E-state index is 13.6. The Morgan fingerprint density at radius 1 is 1.11 bits per heavy atom. The highest BCUT2D eigenvalue weighted by molar-refractivity contribution is 6.30. The quantitative estimate of drug-likeness (QED) is 0.486. The first kappa shape index (κ1) is 19.6. The zero-order valence-electron chi connectivity index (χ0n) is 15.3. The average Bonchev–Trinajstić information content (AvgIpc) is 2.70. The predicted octanol–water partition coefficient (Wildman–Crippen LogP) is 5.84. The van der Waals surface area contributed by atoms with Crippen LogP contribution in [0.2, 0.25) is 5.02 Å². The Bertz CT molecular complexity index is 841. The normalized spacial score (nSPS) is 19.7. The number of halogens is 2. The van der Waals surface area contributed by atoms with Crippen LogP contribution in [0.25, 0.3) is 11.1 Å². The minimum Gasteiger partial charge on any atom is -0.341 e. The van der Waals surface area contributed by atoms with E-state index >= 15 is 0 Å². The molecule has 3 rings (SSSR count). The first-order chi connectivity index (χ1) is 13.2. The summed E-state index contributed by atoms with van der Waals surface area (Å²) >= 11 is 5.73. The summed E-state index contributed by atoms with van der Waals surface area (Å²) in [6, 6.07) is 12.4. The van der Waals surface area contributed by atoms with Gasteiger partial charge in [-0.3, -0.25) is 0 Å². The molecule has 1 heterocycles. The molecule has 27 heavy (non-hydrogen) atoms. The van der Waals surface area contributed by atoms with Gasteiger partial charge in [-0.2, -0.15) is 0 Å². The molecule has 140 valence electrons. The van der Waals surface area contributed by atoms with E-state index in [0.717, 1.165) is 29.5 Å². The van der Waals surface area contributed by atoms with Gasteiger partial charge in [-0.15, -0.1) is 0 Å². The molecular weight excluding hydrogens is 363 g/mol. The first-order valence-electron chi connectivity index (χ1n) is 9.12. The summed E-state index contributed by atoms with van der Waals surface area (Å²) in [6.45, 7) is 3.41. The molecule has 1 fully saturated rings. The van der Waals surface area contributed by atoms with Crippen molar-refractivity contribution in [3.8, 4) is 23.0 Å². The van der Waals surface area contributed by atoms with E-state index in [4.69, 9.17) is 21.1 Å². The molecular formula is C23H22ClFO2. The van der Waals surface area contributed by atoms with Crippen LogP contribution in [0, 0.1) is 23.6 Å². The number of rotatable bonds is 4. The molecule has 1 aliphatic rings. The van der Waals surface area contributed by atoms with Crippen molar-refractivity contribution in [3.05, 3.63) is 71.0 Å². The standard InChI is InChI=1S/C23H22ClFO2/c1-2-3-4-5-18-15-26-23(27-16-18)13-8-17-6-9-19(10-7-17)20-11-12-21(24)22(25)14-20/h4-7,9-12,14,18,23H,2-3,15-16H2,1H3/b5-4+/t18-,23-. The molecule has 0 aliphatic carbocycles. The Morgan fingerprint density at radius 2 is 1.81 bits per heavy atom. The van der Waals surface area contributed by atoms with Gasteiger partial charge in [-0.25, -0.2) is 4.39 Å². The average molecular weight is 385 g/mol. The van der Waals surface area contributed by atoms with Gasteiger partial charge in [-0.1, -0.05) is 61.2 Å². The van der Waals surface area contributed by atoms with E-state index < -0.39 is 12.1 Å². The van der Waals surface area contributed by atoms with Crippen LogP contribution in [0.3, 0.4) is 0 Å². The van der Waals surface area contributed by atoms with Gasteiger partial charge in [0.25, 0.3) is 0 Å². The molecule has 2 aromatic carbocycles. The van der Waals surface area contributed by atoms with Crippen molar-refractivity contribution in [1.29, 1.82) is 0 Å². The van der Waals surface area contributed by atoms with Crippen molar-refractivity contribution in [2.75, 3.05) is 13.2 Å². The Labute approximate surface area is 165 Å². The zero-order chi connectivity index (χ0) is 19.1. The Hall–Kier alpha value is -2.12. The highest BCUT2D eigenvalue weighted by Crippen LogP contribution is 2.24. The highest BCUT2D eigenvalue weighted by atomic mass is 35.5. The molecule has 0 spiro atoms. The van der Waals surface area contributed by atoms with Gasteiger partial charge in [-0.05, 0) is 47.7 Å². The Kier molecular flexibility index (Phi) is 7.06. The second-order valence-electron chi connectivity index (χ2n) is 6.45. The monoisotopic (exact) mass is 384 g/mol. The van der Waals surface area contributed by atoms with Crippen LogP contribution >= 0.6 is 11.6 Å². The number of ether oxygens (including phenoxy) is 2. The van der Waals surface area contributed by atoms with Crippen molar-refractivity contribution in [3.63, 3.8) is 0 Å². The predicted molar refractivity (Wildman–Crippen MR) is 107 cm³/mol. The van der Waals surface area contributed by atoms with Crippen molar-refractivity contribution in [1.82, 2.24) is 0 Å². The van der Waals surface area contributed by atoms with E-state index in [1.165, 1.54) is 6.07 Å². The minimum absolute atomic E-state index is 0.122. The maximum Gasteiger partial charge on any atom is 0.222 e. The number of unbranched alkanes of at least 4 members (excludes halogenated alkanes) is 1. The van der Waals surface area contributed by atoms with Gasteiger partial charge in [0.2, 0.25) is 6.29 Å². The van der Waals surface area contributed by atoms with Gasteiger partial charge >= 0.3 is 0 Å². The lowest BCUT2D eigenvalue weighted by atomic mass is 10.0. The third-order valence-corrected chi connectivity index (χ3v) is 4.57. The third-order valence-electron chi connectivity index (χ3n) is 4.26. The van der Waals surface area contributed by atoms with Crippen LogP contribution in [-0.4, -0.2) is 19.5 Å². The summed E-state index contributed by atoms with van der Waals surface area (Å²) in [4.78, 5) is 0. The lowest BCUT2D eigenvalue weighted by Gasteiger charge is -2.24. The van der Waals surface area contributed by atoms with Crippen molar-refractivity contribution < 1.29 is 13.9 Å². The Morgan fingerprint density at radius 3 is 2.48 bits per heavy atom. The first-order valence-corrected chi connectivity index (χ1v) is 9.50. The van der Waals surface area contributed by atoms with Crippen molar-refractivity contribution >= 4 is 11.6 Å². The van der Waals surface area contributed by atoms with Crippen LogP contribution in [0.4, 0.5) is 4.39 Å². The lowest BCUT2D eigenvalue weighted by Crippen LogP contribution is -2.30. The van der Waals surface area contributed by atoms with Crippen LogP contribution in [0.1, 0.15) is 25.3 Å². The number of benzene rings is 2. The van der Waals surface area contributed by atoms with Gasteiger partial charge in [0.1, 0.15) is 5.82 Å². The number of allylic oxidation sites excluding steroid dienone is 1. The molecule has 0 radical (unpaired) electrons. The van der Waals surface area contributed by atoms with Crippen LogP contribution < -0.4 is 0 Å². The molecule has 0 aromatic heterocycles.